The standard InChI is InChI=1S/C20H20O4S2/c1-3-19(21)23-9-11-25-17-7-5-15-6-8-18(14-16(15)13-17)26-12-10-24-20(22)4-2/h3-8,13-14H,1-2,9-12H2. The molecule has 0 fully saturated rings. The van der Waals surface area contributed by atoms with E-state index in [-0.39, 0.29) is 0 Å². The molecule has 2 aromatic carbocycles. The van der Waals surface area contributed by atoms with Gasteiger partial charge in [-0.15, -0.1) is 23.5 Å². The van der Waals surface area contributed by atoms with Gasteiger partial charge in [0.25, 0.3) is 0 Å². The molecule has 0 aromatic heterocycles. The molecule has 6 heteroatoms. The zero-order chi connectivity index (χ0) is 18.8. The van der Waals surface area contributed by atoms with Gasteiger partial charge in [-0.1, -0.05) is 25.3 Å². The Balaban J connectivity index is 1.90. The van der Waals surface area contributed by atoms with Crippen LogP contribution in [0.4, 0.5) is 0 Å². The van der Waals surface area contributed by atoms with E-state index in [0.29, 0.717) is 24.7 Å². The third kappa shape index (κ3) is 6.61. The van der Waals surface area contributed by atoms with Crippen LogP contribution in [-0.4, -0.2) is 36.7 Å². The van der Waals surface area contributed by atoms with Crippen molar-refractivity contribution in [3.63, 3.8) is 0 Å². The average molecular weight is 389 g/mol. The van der Waals surface area contributed by atoms with Gasteiger partial charge in [0.1, 0.15) is 13.2 Å². The lowest BCUT2D eigenvalue weighted by molar-refractivity contribution is -0.138. The molecule has 0 radical (unpaired) electrons. The van der Waals surface area contributed by atoms with Crippen molar-refractivity contribution in [2.45, 2.75) is 9.79 Å². The smallest absolute Gasteiger partial charge is 0.330 e. The largest absolute Gasteiger partial charge is 0.462 e. The molecule has 0 saturated heterocycles. The number of fused-ring (bicyclic) bond motifs is 1. The molecule has 0 aliphatic rings. The SMILES string of the molecule is C=CC(=O)OCCSc1ccc2ccc(SCCOC(=O)C=C)cc2c1. The summed E-state index contributed by atoms with van der Waals surface area (Å²) < 4.78 is 9.95. The zero-order valence-electron chi connectivity index (χ0n) is 14.3. The molecule has 0 aliphatic heterocycles. The minimum absolute atomic E-state index is 0.354. The van der Waals surface area contributed by atoms with E-state index in [9.17, 15) is 9.59 Å². The summed E-state index contributed by atoms with van der Waals surface area (Å²) in [7, 11) is 0. The molecule has 0 heterocycles. The Morgan fingerprint density at radius 3 is 1.69 bits per heavy atom. The first-order chi connectivity index (χ1) is 12.6. The molecule has 0 bridgehead atoms. The Morgan fingerprint density at radius 2 is 1.27 bits per heavy atom. The van der Waals surface area contributed by atoms with Crippen molar-refractivity contribution in [1.82, 2.24) is 0 Å². The third-order valence-corrected chi connectivity index (χ3v) is 5.23. The van der Waals surface area contributed by atoms with Crippen LogP contribution >= 0.6 is 23.5 Å². The van der Waals surface area contributed by atoms with Gasteiger partial charge in [0.2, 0.25) is 0 Å². The Labute approximate surface area is 161 Å². The number of hydrogen-bond donors (Lipinski definition) is 0. The molecule has 26 heavy (non-hydrogen) atoms. The number of carbonyl (C=O) groups excluding carboxylic acids is 2. The summed E-state index contributed by atoms with van der Waals surface area (Å²) in [6, 6.07) is 12.5. The molecule has 0 saturated carbocycles. The van der Waals surface area contributed by atoms with Gasteiger partial charge in [-0.05, 0) is 35.0 Å². The van der Waals surface area contributed by atoms with Crippen molar-refractivity contribution in [3.8, 4) is 0 Å². The van der Waals surface area contributed by atoms with E-state index >= 15 is 0 Å². The van der Waals surface area contributed by atoms with Crippen molar-refractivity contribution < 1.29 is 19.1 Å². The van der Waals surface area contributed by atoms with Crippen molar-refractivity contribution in [2.75, 3.05) is 24.7 Å². The van der Waals surface area contributed by atoms with Crippen molar-refractivity contribution in [2.24, 2.45) is 0 Å². The van der Waals surface area contributed by atoms with Gasteiger partial charge in [-0.25, -0.2) is 9.59 Å². The fourth-order valence-corrected chi connectivity index (χ4v) is 3.66. The number of ether oxygens (including phenoxy) is 2. The monoisotopic (exact) mass is 388 g/mol. The van der Waals surface area contributed by atoms with Gasteiger partial charge < -0.3 is 9.47 Å². The van der Waals surface area contributed by atoms with E-state index in [4.69, 9.17) is 9.47 Å². The highest BCUT2D eigenvalue weighted by Crippen LogP contribution is 2.27. The van der Waals surface area contributed by atoms with Crippen LogP contribution in [0.3, 0.4) is 0 Å². The summed E-state index contributed by atoms with van der Waals surface area (Å²) in [5.74, 6) is 0.580. The second kappa shape index (κ2) is 10.7. The molecular formula is C20H20O4S2. The molecule has 0 N–H and O–H groups in total. The average Bonchev–Trinajstić information content (AvgIpc) is 2.67. The summed E-state index contributed by atoms with van der Waals surface area (Å²) in [6.45, 7) is 7.44. The van der Waals surface area contributed by atoms with Gasteiger partial charge >= 0.3 is 11.9 Å². The highest BCUT2D eigenvalue weighted by Gasteiger charge is 2.02. The second-order valence-electron chi connectivity index (χ2n) is 5.11. The van der Waals surface area contributed by atoms with Crippen molar-refractivity contribution >= 4 is 46.2 Å². The fraction of sp³-hybridized carbons (Fsp3) is 0.200. The highest BCUT2D eigenvalue weighted by molar-refractivity contribution is 7.99. The number of rotatable bonds is 10. The van der Waals surface area contributed by atoms with Crippen LogP contribution in [0.1, 0.15) is 0 Å². The first-order valence-electron chi connectivity index (χ1n) is 8.00. The van der Waals surface area contributed by atoms with Gasteiger partial charge in [0.05, 0.1) is 0 Å². The number of hydrogen-bond acceptors (Lipinski definition) is 6. The number of benzene rings is 2. The number of thioether (sulfide) groups is 2. The van der Waals surface area contributed by atoms with E-state index in [0.717, 1.165) is 32.7 Å². The van der Waals surface area contributed by atoms with Gasteiger partial charge in [0.15, 0.2) is 0 Å². The number of carbonyl (C=O) groups is 2. The van der Waals surface area contributed by atoms with E-state index < -0.39 is 11.9 Å². The van der Waals surface area contributed by atoms with Crippen molar-refractivity contribution in [1.29, 1.82) is 0 Å². The number of esters is 2. The van der Waals surface area contributed by atoms with Crippen LogP contribution in [0.15, 0.2) is 71.5 Å². The lowest BCUT2D eigenvalue weighted by Gasteiger charge is -2.07. The third-order valence-electron chi connectivity index (χ3n) is 3.31. The quantitative estimate of drug-likeness (QED) is 0.259. The fourth-order valence-electron chi connectivity index (χ4n) is 2.10. The molecule has 0 atom stereocenters. The highest BCUT2D eigenvalue weighted by atomic mass is 32.2. The maximum absolute atomic E-state index is 11.0. The van der Waals surface area contributed by atoms with Gasteiger partial charge in [-0.2, -0.15) is 0 Å². The predicted molar refractivity (Wildman–Crippen MR) is 108 cm³/mol. The maximum Gasteiger partial charge on any atom is 0.330 e. The molecule has 0 amide bonds. The first kappa shape index (κ1) is 20.1. The second-order valence-corrected chi connectivity index (χ2v) is 7.45. The predicted octanol–water partition coefficient (Wildman–Crippen LogP) is 4.48. The summed E-state index contributed by atoms with van der Waals surface area (Å²) >= 11 is 3.27. The summed E-state index contributed by atoms with van der Waals surface area (Å²) in [5, 5.41) is 2.31. The zero-order valence-corrected chi connectivity index (χ0v) is 15.9. The molecule has 0 aliphatic carbocycles. The molecule has 2 aromatic rings. The van der Waals surface area contributed by atoms with E-state index in [2.05, 4.69) is 49.6 Å². The Morgan fingerprint density at radius 1 is 0.808 bits per heavy atom. The summed E-state index contributed by atoms with van der Waals surface area (Å²) in [6.07, 6.45) is 2.33. The lowest BCUT2D eigenvalue weighted by atomic mass is 10.1. The van der Waals surface area contributed by atoms with Gasteiger partial charge in [-0.3, -0.25) is 0 Å². The van der Waals surface area contributed by atoms with Crippen LogP contribution in [-0.2, 0) is 19.1 Å². The summed E-state index contributed by atoms with van der Waals surface area (Å²) in [4.78, 5) is 24.3. The first-order valence-corrected chi connectivity index (χ1v) is 9.97. The Kier molecular flexibility index (Phi) is 8.31. The maximum atomic E-state index is 11.0. The minimum atomic E-state index is -0.399. The van der Waals surface area contributed by atoms with E-state index in [1.807, 2.05) is 0 Å². The van der Waals surface area contributed by atoms with Crippen LogP contribution < -0.4 is 0 Å². The lowest BCUT2D eigenvalue weighted by Crippen LogP contribution is -2.03. The topological polar surface area (TPSA) is 52.6 Å². The summed E-state index contributed by atoms with van der Waals surface area (Å²) in [5.41, 5.74) is 0. The van der Waals surface area contributed by atoms with E-state index in [1.54, 1.807) is 23.5 Å². The molecule has 4 nitrogen and oxygen atoms in total. The Hall–Kier alpha value is -2.18. The minimum Gasteiger partial charge on any atom is -0.462 e. The Bertz CT molecular complexity index is 739. The van der Waals surface area contributed by atoms with Crippen LogP contribution in [0.25, 0.3) is 10.8 Å². The van der Waals surface area contributed by atoms with E-state index in [1.165, 1.54) is 0 Å². The van der Waals surface area contributed by atoms with Crippen molar-refractivity contribution in [3.05, 3.63) is 61.7 Å². The molecule has 0 unspecified atom stereocenters. The van der Waals surface area contributed by atoms with Crippen LogP contribution in [0.5, 0.6) is 0 Å². The molecular weight excluding hydrogens is 368 g/mol. The van der Waals surface area contributed by atoms with Crippen LogP contribution in [0.2, 0.25) is 0 Å². The molecule has 0 spiro atoms. The van der Waals surface area contributed by atoms with Gasteiger partial charge in [0, 0.05) is 33.4 Å². The molecule has 2 rings (SSSR count). The molecule has 136 valence electrons. The normalized spacial score (nSPS) is 10.3. The van der Waals surface area contributed by atoms with Crippen LogP contribution in [0, 0.1) is 0 Å².